The first-order valence-corrected chi connectivity index (χ1v) is 4.01. The molecule has 0 aliphatic carbocycles. The lowest BCUT2D eigenvalue weighted by Gasteiger charge is -2.07. The molecule has 0 aliphatic rings. The van der Waals surface area contributed by atoms with E-state index in [1.54, 1.807) is 7.11 Å². The number of hydrogen-bond acceptors (Lipinski definition) is 3. The van der Waals surface area contributed by atoms with Crippen molar-refractivity contribution >= 4 is 6.21 Å². The Morgan fingerprint density at radius 1 is 1.31 bits per heavy atom. The predicted octanol–water partition coefficient (Wildman–Crippen LogP) is 2.12. The molecule has 1 aromatic carbocycles. The van der Waals surface area contributed by atoms with Crippen molar-refractivity contribution in [3.63, 3.8) is 0 Å². The van der Waals surface area contributed by atoms with Gasteiger partial charge < -0.3 is 9.94 Å². The van der Waals surface area contributed by atoms with E-state index in [9.17, 15) is 0 Å². The summed E-state index contributed by atoms with van der Waals surface area (Å²) in [5.74, 6) is 0.824. The van der Waals surface area contributed by atoms with Gasteiger partial charge in [-0.3, -0.25) is 0 Å². The van der Waals surface area contributed by atoms with Crippen molar-refractivity contribution in [1.82, 2.24) is 0 Å². The van der Waals surface area contributed by atoms with Crippen molar-refractivity contribution in [3.05, 3.63) is 28.8 Å². The van der Waals surface area contributed by atoms with Crippen molar-refractivity contribution < 1.29 is 9.94 Å². The van der Waals surface area contributed by atoms with E-state index < -0.39 is 0 Å². The monoisotopic (exact) mass is 179 g/mol. The normalized spacial score (nSPS) is 10.7. The van der Waals surface area contributed by atoms with Crippen LogP contribution in [0, 0.1) is 13.8 Å². The summed E-state index contributed by atoms with van der Waals surface area (Å²) in [5, 5.41) is 11.5. The van der Waals surface area contributed by atoms with Crippen LogP contribution in [0.1, 0.15) is 16.7 Å². The Kier molecular flexibility index (Phi) is 2.90. The first kappa shape index (κ1) is 9.58. The van der Waals surface area contributed by atoms with E-state index >= 15 is 0 Å². The Morgan fingerprint density at radius 2 is 1.85 bits per heavy atom. The molecule has 0 aromatic heterocycles. The van der Waals surface area contributed by atoms with Gasteiger partial charge in [0.1, 0.15) is 5.75 Å². The van der Waals surface area contributed by atoms with E-state index in [0.29, 0.717) is 0 Å². The lowest BCUT2D eigenvalue weighted by molar-refractivity contribution is 0.322. The summed E-state index contributed by atoms with van der Waals surface area (Å²) in [5.41, 5.74) is 3.01. The van der Waals surface area contributed by atoms with Crippen molar-refractivity contribution in [3.8, 4) is 5.75 Å². The summed E-state index contributed by atoms with van der Waals surface area (Å²) < 4.78 is 5.10. The fourth-order valence-electron chi connectivity index (χ4n) is 1.31. The van der Waals surface area contributed by atoms with Crippen LogP contribution in [-0.4, -0.2) is 18.5 Å². The highest BCUT2D eigenvalue weighted by atomic mass is 16.5. The second kappa shape index (κ2) is 3.94. The zero-order chi connectivity index (χ0) is 9.84. The van der Waals surface area contributed by atoms with E-state index in [0.717, 1.165) is 22.4 Å². The maximum Gasteiger partial charge on any atom is 0.119 e. The fraction of sp³-hybridized carbons (Fsp3) is 0.300. The summed E-state index contributed by atoms with van der Waals surface area (Å²) in [6.45, 7) is 3.90. The van der Waals surface area contributed by atoms with E-state index in [4.69, 9.17) is 9.94 Å². The number of nitrogens with zero attached hydrogens (tertiary/aromatic N) is 1. The van der Waals surface area contributed by atoms with Crippen LogP contribution in [-0.2, 0) is 0 Å². The minimum absolute atomic E-state index is 0.824. The van der Waals surface area contributed by atoms with Gasteiger partial charge in [-0.2, -0.15) is 0 Å². The van der Waals surface area contributed by atoms with Gasteiger partial charge in [0.05, 0.1) is 13.3 Å². The molecule has 0 saturated heterocycles. The summed E-state index contributed by atoms with van der Waals surface area (Å²) >= 11 is 0. The topological polar surface area (TPSA) is 41.8 Å². The average molecular weight is 179 g/mol. The van der Waals surface area contributed by atoms with Gasteiger partial charge in [0.2, 0.25) is 0 Å². The molecule has 3 nitrogen and oxygen atoms in total. The van der Waals surface area contributed by atoms with Crippen LogP contribution >= 0.6 is 0 Å². The van der Waals surface area contributed by atoms with Crippen LogP contribution in [0.3, 0.4) is 0 Å². The second-order valence-corrected chi connectivity index (χ2v) is 2.92. The maximum atomic E-state index is 8.43. The minimum Gasteiger partial charge on any atom is -0.497 e. The first-order valence-electron chi connectivity index (χ1n) is 4.01. The summed E-state index contributed by atoms with van der Waals surface area (Å²) in [4.78, 5) is 0. The number of hydrogen-bond donors (Lipinski definition) is 1. The van der Waals surface area contributed by atoms with Gasteiger partial charge in [-0.15, -0.1) is 0 Å². The van der Waals surface area contributed by atoms with E-state index in [1.165, 1.54) is 6.21 Å². The van der Waals surface area contributed by atoms with Crippen LogP contribution < -0.4 is 4.74 Å². The molecule has 0 spiro atoms. The fourth-order valence-corrected chi connectivity index (χ4v) is 1.31. The molecule has 0 bridgehead atoms. The largest absolute Gasteiger partial charge is 0.497 e. The van der Waals surface area contributed by atoms with Gasteiger partial charge in [0.15, 0.2) is 0 Å². The van der Waals surface area contributed by atoms with E-state index in [1.807, 2.05) is 26.0 Å². The Hall–Kier alpha value is -1.51. The third kappa shape index (κ3) is 1.99. The number of oxime groups is 1. The lowest BCUT2D eigenvalue weighted by atomic mass is 10.0. The Bertz CT molecular complexity index is 309. The molecule has 0 radical (unpaired) electrons. The molecule has 0 fully saturated rings. The van der Waals surface area contributed by atoms with Gasteiger partial charge in [-0.05, 0) is 37.1 Å². The molecule has 0 saturated carbocycles. The van der Waals surface area contributed by atoms with Gasteiger partial charge >= 0.3 is 0 Å². The number of benzene rings is 1. The Labute approximate surface area is 77.6 Å². The van der Waals surface area contributed by atoms with Crippen molar-refractivity contribution in [2.45, 2.75) is 13.8 Å². The molecule has 1 N–H and O–H groups in total. The lowest BCUT2D eigenvalue weighted by Crippen LogP contribution is -1.94. The van der Waals surface area contributed by atoms with Gasteiger partial charge in [0, 0.05) is 5.56 Å². The number of rotatable bonds is 2. The molecule has 0 heterocycles. The van der Waals surface area contributed by atoms with Crippen LogP contribution in [0.5, 0.6) is 5.75 Å². The molecule has 0 atom stereocenters. The van der Waals surface area contributed by atoms with E-state index in [2.05, 4.69) is 5.16 Å². The summed E-state index contributed by atoms with van der Waals surface area (Å²) in [7, 11) is 1.63. The van der Waals surface area contributed by atoms with Crippen LogP contribution in [0.2, 0.25) is 0 Å². The van der Waals surface area contributed by atoms with Crippen LogP contribution in [0.25, 0.3) is 0 Å². The van der Waals surface area contributed by atoms with E-state index in [-0.39, 0.29) is 0 Å². The quantitative estimate of drug-likeness (QED) is 0.429. The highest BCUT2D eigenvalue weighted by molar-refractivity contribution is 5.83. The Balaban J connectivity index is 3.22. The number of methoxy groups -OCH3 is 1. The molecule has 13 heavy (non-hydrogen) atoms. The van der Waals surface area contributed by atoms with Crippen LogP contribution in [0.15, 0.2) is 17.3 Å². The van der Waals surface area contributed by atoms with Gasteiger partial charge in [-0.1, -0.05) is 5.16 Å². The standard InChI is InChI=1S/C10H13NO2/c1-7-4-9(13-3)5-8(2)10(7)6-11-12/h4-6,12H,1-3H3/b11-6-. The minimum atomic E-state index is 0.824. The molecule has 3 heteroatoms. The molecular weight excluding hydrogens is 166 g/mol. The molecule has 0 aliphatic heterocycles. The third-order valence-corrected chi connectivity index (χ3v) is 1.99. The first-order chi connectivity index (χ1) is 6.19. The van der Waals surface area contributed by atoms with Gasteiger partial charge in [0.25, 0.3) is 0 Å². The highest BCUT2D eigenvalue weighted by Crippen LogP contribution is 2.19. The molecule has 1 aromatic rings. The molecule has 0 amide bonds. The molecule has 0 unspecified atom stereocenters. The average Bonchev–Trinajstić information content (AvgIpc) is 2.11. The number of aryl methyl sites for hydroxylation is 2. The molecule has 70 valence electrons. The maximum absolute atomic E-state index is 8.43. The smallest absolute Gasteiger partial charge is 0.119 e. The van der Waals surface area contributed by atoms with Crippen molar-refractivity contribution in [2.75, 3.05) is 7.11 Å². The second-order valence-electron chi connectivity index (χ2n) is 2.92. The predicted molar refractivity (Wildman–Crippen MR) is 51.8 cm³/mol. The van der Waals surface area contributed by atoms with Crippen molar-refractivity contribution in [1.29, 1.82) is 0 Å². The zero-order valence-electron chi connectivity index (χ0n) is 8.03. The highest BCUT2D eigenvalue weighted by Gasteiger charge is 2.02. The molecule has 1 rings (SSSR count). The third-order valence-electron chi connectivity index (χ3n) is 1.99. The zero-order valence-corrected chi connectivity index (χ0v) is 8.03. The Morgan fingerprint density at radius 3 is 2.23 bits per heavy atom. The van der Waals surface area contributed by atoms with Crippen LogP contribution in [0.4, 0.5) is 0 Å². The van der Waals surface area contributed by atoms with Crippen molar-refractivity contribution in [2.24, 2.45) is 5.16 Å². The summed E-state index contributed by atoms with van der Waals surface area (Å²) in [6, 6.07) is 3.81. The number of ether oxygens (including phenoxy) is 1. The molecular formula is C10H13NO2. The SMILES string of the molecule is COc1cc(C)c(/C=N\O)c(C)c1. The summed E-state index contributed by atoms with van der Waals surface area (Å²) in [6.07, 6.45) is 1.43. The van der Waals surface area contributed by atoms with Gasteiger partial charge in [-0.25, -0.2) is 0 Å².